The standard InChI is InChI=1S/C25H27N3O/c1-3-8-22(9-4-1)20-27-14-16-28(17-15-27)26-19-24-12-7-13-25(18-24)29-21-23-10-5-2-6-11-23/h1-13,18-19H,14-17,20-21H2/b26-19-. The van der Waals surface area contributed by atoms with E-state index in [4.69, 9.17) is 4.74 Å². The zero-order valence-corrected chi connectivity index (χ0v) is 16.7. The van der Waals surface area contributed by atoms with Crippen LogP contribution >= 0.6 is 0 Å². The first-order chi connectivity index (χ1) is 14.3. The van der Waals surface area contributed by atoms with Crippen molar-refractivity contribution in [3.05, 3.63) is 102 Å². The number of rotatable bonds is 7. The molecule has 0 aromatic heterocycles. The van der Waals surface area contributed by atoms with Gasteiger partial charge in [-0.25, -0.2) is 0 Å². The molecular weight excluding hydrogens is 358 g/mol. The number of ether oxygens (including phenoxy) is 1. The van der Waals surface area contributed by atoms with E-state index in [1.54, 1.807) is 0 Å². The zero-order chi connectivity index (χ0) is 19.7. The Morgan fingerprint density at radius 2 is 1.45 bits per heavy atom. The summed E-state index contributed by atoms with van der Waals surface area (Å²) in [5.41, 5.74) is 3.60. The minimum Gasteiger partial charge on any atom is -0.489 e. The lowest BCUT2D eigenvalue weighted by Gasteiger charge is -2.33. The average Bonchev–Trinajstić information content (AvgIpc) is 2.79. The molecule has 4 heteroatoms. The van der Waals surface area contributed by atoms with Gasteiger partial charge in [0, 0.05) is 32.7 Å². The Hall–Kier alpha value is -3.11. The predicted octanol–water partition coefficient (Wildman–Crippen LogP) is 4.42. The second-order valence-corrected chi connectivity index (χ2v) is 7.31. The van der Waals surface area contributed by atoms with E-state index in [1.807, 2.05) is 42.6 Å². The highest BCUT2D eigenvalue weighted by molar-refractivity contribution is 5.79. The van der Waals surface area contributed by atoms with Gasteiger partial charge in [0.1, 0.15) is 12.4 Å². The highest BCUT2D eigenvalue weighted by atomic mass is 16.5. The van der Waals surface area contributed by atoms with Crippen LogP contribution in [0.25, 0.3) is 0 Å². The molecule has 0 saturated carbocycles. The predicted molar refractivity (Wildman–Crippen MR) is 118 cm³/mol. The maximum Gasteiger partial charge on any atom is 0.120 e. The highest BCUT2D eigenvalue weighted by Gasteiger charge is 2.15. The summed E-state index contributed by atoms with van der Waals surface area (Å²) in [5, 5.41) is 6.83. The van der Waals surface area contributed by atoms with Crippen LogP contribution in [-0.2, 0) is 13.2 Å². The summed E-state index contributed by atoms with van der Waals surface area (Å²) in [4.78, 5) is 2.49. The lowest BCUT2D eigenvalue weighted by molar-refractivity contribution is 0.131. The Labute approximate surface area is 173 Å². The molecule has 0 N–H and O–H groups in total. The van der Waals surface area contributed by atoms with Crippen molar-refractivity contribution in [1.82, 2.24) is 9.91 Å². The molecule has 1 heterocycles. The summed E-state index contributed by atoms with van der Waals surface area (Å²) >= 11 is 0. The lowest BCUT2D eigenvalue weighted by Crippen LogP contribution is -2.43. The molecule has 29 heavy (non-hydrogen) atoms. The van der Waals surface area contributed by atoms with Crippen molar-refractivity contribution >= 4 is 6.21 Å². The van der Waals surface area contributed by atoms with Crippen LogP contribution < -0.4 is 4.74 Å². The topological polar surface area (TPSA) is 28.1 Å². The molecule has 0 unspecified atom stereocenters. The van der Waals surface area contributed by atoms with Crippen LogP contribution in [0, 0.1) is 0 Å². The molecule has 0 bridgehead atoms. The fraction of sp³-hybridized carbons (Fsp3) is 0.240. The van der Waals surface area contributed by atoms with E-state index in [0.717, 1.165) is 44.0 Å². The summed E-state index contributed by atoms with van der Waals surface area (Å²) in [6, 6.07) is 29.0. The molecule has 0 atom stereocenters. The third-order valence-electron chi connectivity index (χ3n) is 5.07. The maximum absolute atomic E-state index is 5.91. The number of hydrazone groups is 1. The van der Waals surface area contributed by atoms with Gasteiger partial charge in [-0.3, -0.25) is 9.91 Å². The molecule has 4 rings (SSSR count). The van der Waals surface area contributed by atoms with Gasteiger partial charge in [-0.15, -0.1) is 0 Å². The van der Waals surface area contributed by atoms with E-state index in [0.29, 0.717) is 6.61 Å². The van der Waals surface area contributed by atoms with Crippen molar-refractivity contribution in [2.24, 2.45) is 5.10 Å². The van der Waals surface area contributed by atoms with Gasteiger partial charge in [-0.1, -0.05) is 72.8 Å². The Morgan fingerprint density at radius 1 is 0.759 bits per heavy atom. The molecule has 3 aromatic carbocycles. The summed E-state index contributed by atoms with van der Waals surface area (Å²) in [6.07, 6.45) is 1.93. The van der Waals surface area contributed by atoms with Crippen LogP contribution in [0.1, 0.15) is 16.7 Å². The minimum absolute atomic E-state index is 0.574. The van der Waals surface area contributed by atoms with E-state index in [-0.39, 0.29) is 0 Å². The zero-order valence-electron chi connectivity index (χ0n) is 16.7. The molecular formula is C25H27N3O. The second-order valence-electron chi connectivity index (χ2n) is 7.31. The fourth-order valence-electron chi connectivity index (χ4n) is 3.43. The molecule has 1 aliphatic heterocycles. The maximum atomic E-state index is 5.91. The quantitative estimate of drug-likeness (QED) is 0.564. The average molecular weight is 386 g/mol. The third-order valence-corrected chi connectivity index (χ3v) is 5.07. The molecule has 1 fully saturated rings. The number of hydrogen-bond donors (Lipinski definition) is 0. The van der Waals surface area contributed by atoms with Crippen molar-refractivity contribution in [2.45, 2.75) is 13.2 Å². The first-order valence-corrected chi connectivity index (χ1v) is 10.2. The van der Waals surface area contributed by atoms with Gasteiger partial charge >= 0.3 is 0 Å². The lowest BCUT2D eigenvalue weighted by atomic mass is 10.2. The van der Waals surface area contributed by atoms with E-state index in [9.17, 15) is 0 Å². The van der Waals surface area contributed by atoms with Crippen molar-refractivity contribution < 1.29 is 4.74 Å². The van der Waals surface area contributed by atoms with E-state index in [2.05, 4.69) is 63.5 Å². The molecule has 1 aliphatic rings. The molecule has 0 aliphatic carbocycles. The van der Waals surface area contributed by atoms with E-state index < -0.39 is 0 Å². The molecule has 1 saturated heterocycles. The molecule has 0 spiro atoms. The van der Waals surface area contributed by atoms with Gasteiger partial charge in [0.05, 0.1) is 6.21 Å². The monoisotopic (exact) mass is 385 g/mol. The second kappa shape index (κ2) is 9.89. The molecule has 3 aromatic rings. The first-order valence-electron chi connectivity index (χ1n) is 10.2. The van der Waals surface area contributed by atoms with Gasteiger partial charge < -0.3 is 4.74 Å². The van der Waals surface area contributed by atoms with Crippen molar-refractivity contribution in [1.29, 1.82) is 0 Å². The first kappa shape index (κ1) is 19.2. The number of piperazine rings is 1. The Morgan fingerprint density at radius 3 is 2.17 bits per heavy atom. The van der Waals surface area contributed by atoms with Gasteiger partial charge in [0.25, 0.3) is 0 Å². The van der Waals surface area contributed by atoms with Crippen LogP contribution in [0.15, 0.2) is 90.0 Å². The van der Waals surface area contributed by atoms with E-state index >= 15 is 0 Å². The molecule has 4 nitrogen and oxygen atoms in total. The fourth-order valence-corrected chi connectivity index (χ4v) is 3.43. The molecule has 0 radical (unpaired) electrons. The summed E-state index contributed by atoms with van der Waals surface area (Å²) in [5.74, 6) is 0.866. The Balaban J connectivity index is 1.26. The highest BCUT2D eigenvalue weighted by Crippen LogP contribution is 2.15. The van der Waals surface area contributed by atoms with Crippen LogP contribution in [0.2, 0.25) is 0 Å². The summed E-state index contributed by atoms with van der Waals surface area (Å²) < 4.78 is 5.91. The van der Waals surface area contributed by atoms with Crippen molar-refractivity contribution in [3.63, 3.8) is 0 Å². The van der Waals surface area contributed by atoms with Crippen LogP contribution in [0.4, 0.5) is 0 Å². The minimum atomic E-state index is 0.574. The Bertz CT molecular complexity index is 904. The van der Waals surface area contributed by atoms with Gasteiger partial charge in [0.15, 0.2) is 0 Å². The van der Waals surface area contributed by atoms with Crippen molar-refractivity contribution in [3.8, 4) is 5.75 Å². The SMILES string of the molecule is C(=N/N1CCN(Cc2ccccc2)CC1)/c1cccc(OCc2ccccc2)c1. The third kappa shape index (κ3) is 5.93. The van der Waals surface area contributed by atoms with Crippen LogP contribution in [0.5, 0.6) is 5.75 Å². The summed E-state index contributed by atoms with van der Waals surface area (Å²) in [7, 11) is 0. The van der Waals surface area contributed by atoms with Gasteiger partial charge in [-0.05, 0) is 28.8 Å². The largest absolute Gasteiger partial charge is 0.489 e. The number of benzene rings is 3. The number of hydrogen-bond acceptors (Lipinski definition) is 4. The van der Waals surface area contributed by atoms with E-state index in [1.165, 1.54) is 11.1 Å². The normalized spacial score (nSPS) is 15.0. The summed E-state index contributed by atoms with van der Waals surface area (Å²) in [6.45, 7) is 5.56. The van der Waals surface area contributed by atoms with Crippen LogP contribution in [0.3, 0.4) is 0 Å². The van der Waals surface area contributed by atoms with Crippen LogP contribution in [-0.4, -0.2) is 42.3 Å². The van der Waals surface area contributed by atoms with Gasteiger partial charge in [0.2, 0.25) is 0 Å². The van der Waals surface area contributed by atoms with Crippen molar-refractivity contribution in [2.75, 3.05) is 26.2 Å². The van der Waals surface area contributed by atoms with Gasteiger partial charge in [-0.2, -0.15) is 5.10 Å². The molecule has 0 amide bonds. The Kier molecular flexibility index (Phi) is 6.56. The number of nitrogens with zero attached hydrogens (tertiary/aromatic N) is 3. The smallest absolute Gasteiger partial charge is 0.120 e. The molecule has 148 valence electrons.